The highest BCUT2D eigenvalue weighted by molar-refractivity contribution is 7.19. The van der Waals surface area contributed by atoms with Gasteiger partial charge in [0.25, 0.3) is 0 Å². The molecule has 0 aliphatic heterocycles. The van der Waals surface area contributed by atoms with Crippen LogP contribution in [0.25, 0.3) is 16.3 Å². The Hall–Kier alpha value is -2.70. The van der Waals surface area contributed by atoms with E-state index in [0.717, 1.165) is 15.2 Å². The van der Waals surface area contributed by atoms with Crippen molar-refractivity contribution in [1.29, 1.82) is 0 Å². The first-order chi connectivity index (χ1) is 11.7. The van der Waals surface area contributed by atoms with Gasteiger partial charge in [0.15, 0.2) is 0 Å². The number of aliphatic hydroxyl groups is 1. The maximum absolute atomic E-state index is 12.0. The fourth-order valence-corrected chi connectivity index (χ4v) is 3.14. The molecule has 1 heterocycles. The van der Waals surface area contributed by atoms with Crippen molar-refractivity contribution in [1.82, 2.24) is 4.98 Å². The Labute approximate surface area is 143 Å². The number of methoxy groups -OCH3 is 1. The second-order valence-electron chi connectivity index (χ2n) is 5.03. The Kier molecular flexibility index (Phi) is 4.88. The topological polar surface area (TPSA) is 71.5 Å². The lowest BCUT2D eigenvalue weighted by molar-refractivity contribution is -0.111. The van der Waals surface area contributed by atoms with E-state index in [1.165, 1.54) is 24.5 Å². The molecule has 1 amide bonds. The zero-order valence-corrected chi connectivity index (χ0v) is 13.8. The average Bonchev–Trinajstić information content (AvgIpc) is 3.03. The molecule has 2 aromatic carbocycles. The fraction of sp³-hybridized carbons (Fsp3) is 0.111. The molecule has 0 aliphatic carbocycles. The molecule has 0 spiro atoms. The summed E-state index contributed by atoms with van der Waals surface area (Å²) in [4.78, 5) is 16.5. The summed E-state index contributed by atoms with van der Waals surface area (Å²) >= 11 is 1.53. The summed E-state index contributed by atoms with van der Waals surface area (Å²) in [7, 11) is 1.54. The summed E-state index contributed by atoms with van der Waals surface area (Å²) in [5.74, 6) is 0.323. The number of carbonyl (C=O) groups is 1. The van der Waals surface area contributed by atoms with Gasteiger partial charge in [-0.1, -0.05) is 12.1 Å². The summed E-state index contributed by atoms with van der Waals surface area (Å²) in [6.45, 7) is -0.158. The molecule has 6 heteroatoms. The molecule has 1 aromatic heterocycles. The minimum atomic E-state index is -0.261. The number of anilines is 1. The average molecular weight is 340 g/mol. The highest BCUT2D eigenvalue weighted by Gasteiger charge is 2.05. The Morgan fingerprint density at radius 3 is 2.92 bits per heavy atom. The SMILES string of the molecule is COc1ccc(NC(=O)/C=C/c2nc3ccccc3s2)cc1CO. The number of rotatable bonds is 5. The summed E-state index contributed by atoms with van der Waals surface area (Å²) in [6, 6.07) is 12.9. The van der Waals surface area contributed by atoms with E-state index in [-0.39, 0.29) is 12.5 Å². The number of hydrogen-bond donors (Lipinski definition) is 2. The van der Waals surface area contributed by atoms with E-state index >= 15 is 0 Å². The van der Waals surface area contributed by atoms with Crippen molar-refractivity contribution in [3.8, 4) is 5.75 Å². The first-order valence-electron chi connectivity index (χ1n) is 7.32. The van der Waals surface area contributed by atoms with Gasteiger partial charge in [-0.3, -0.25) is 4.79 Å². The third-order valence-corrected chi connectivity index (χ3v) is 4.41. The van der Waals surface area contributed by atoms with Gasteiger partial charge >= 0.3 is 0 Å². The molecular weight excluding hydrogens is 324 g/mol. The van der Waals surface area contributed by atoms with E-state index in [1.54, 1.807) is 24.3 Å². The van der Waals surface area contributed by atoms with Crippen molar-refractivity contribution in [2.45, 2.75) is 6.61 Å². The van der Waals surface area contributed by atoms with E-state index in [4.69, 9.17) is 4.74 Å². The van der Waals surface area contributed by atoms with Crippen molar-refractivity contribution in [3.05, 3.63) is 59.1 Å². The van der Waals surface area contributed by atoms with Gasteiger partial charge in [0, 0.05) is 17.3 Å². The standard InChI is InChI=1S/C18H16N2O3S/c1-23-15-7-6-13(10-12(15)11-21)19-17(22)8-9-18-20-14-4-2-3-5-16(14)24-18/h2-10,21H,11H2,1H3,(H,19,22)/b9-8+. The second kappa shape index (κ2) is 7.25. The van der Waals surface area contributed by atoms with E-state index in [9.17, 15) is 9.90 Å². The van der Waals surface area contributed by atoms with Gasteiger partial charge in [-0.2, -0.15) is 0 Å². The quantitative estimate of drug-likeness (QED) is 0.698. The molecule has 0 radical (unpaired) electrons. The number of ether oxygens (including phenoxy) is 1. The molecule has 3 rings (SSSR count). The molecule has 2 N–H and O–H groups in total. The molecule has 24 heavy (non-hydrogen) atoms. The largest absolute Gasteiger partial charge is 0.496 e. The number of aromatic nitrogens is 1. The molecule has 0 aliphatic rings. The number of aliphatic hydroxyl groups excluding tert-OH is 1. The monoisotopic (exact) mass is 340 g/mol. The number of carbonyl (C=O) groups excluding carboxylic acids is 1. The maximum atomic E-state index is 12.0. The van der Waals surface area contributed by atoms with Crippen LogP contribution < -0.4 is 10.1 Å². The van der Waals surface area contributed by atoms with Gasteiger partial charge in [-0.05, 0) is 36.4 Å². The van der Waals surface area contributed by atoms with Crippen molar-refractivity contribution in [2.75, 3.05) is 12.4 Å². The third-order valence-electron chi connectivity index (χ3n) is 3.41. The van der Waals surface area contributed by atoms with Crippen molar-refractivity contribution < 1.29 is 14.6 Å². The number of nitrogens with one attached hydrogen (secondary N) is 1. The normalized spacial score (nSPS) is 11.1. The van der Waals surface area contributed by atoms with Gasteiger partial charge in [0.05, 0.1) is 23.9 Å². The first kappa shape index (κ1) is 16.2. The van der Waals surface area contributed by atoms with E-state index < -0.39 is 0 Å². The lowest BCUT2D eigenvalue weighted by Crippen LogP contribution is -2.08. The number of hydrogen-bond acceptors (Lipinski definition) is 5. The first-order valence-corrected chi connectivity index (χ1v) is 8.13. The summed E-state index contributed by atoms with van der Waals surface area (Å²) < 4.78 is 6.22. The summed E-state index contributed by atoms with van der Waals surface area (Å²) in [6.07, 6.45) is 3.14. The number of thiazole rings is 1. The third kappa shape index (κ3) is 3.61. The molecule has 5 nitrogen and oxygen atoms in total. The number of para-hydroxylation sites is 1. The number of benzene rings is 2. The molecule has 122 valence electrons. The maximum Gasteiger partial charge on any atom is 0.248 e. The van der Waals surface area contributed by atoms with Crippen LogP contribution in [0.4, 0.5) is 5.69 Å². The van der Waals surface area contributed by atoms with Crippen LogP contribution >= 0.6 is 11.3 Å². The molecule has 0 saturated heterocycles. The Bertz CT molecular complexity index is 869. The van der Waals surface area contributed by atoms with Gasteiger partial charge in [-0.25, -0.2) is 4.98 Å². The van der Waals surface area contributed by atoms with E-state index in [2.05, 4.69) is 10.3 Å². The predicted molar refractivity (Wildman–Crippen MR) is 96.2 cm³/mol. The Morgan fingerprint density at radius 1 is 1.33 bits per heavy atom. The molecule has 0 unspecified atom stereocenters. The number of amides is 1. The highest BCUT2D eigenvalue weighted by Crippen LogP contribution is 2.24. The Morgan fingerprint density at radius 2 is 2.17 bits per heavy atom. The molecule has 3 aromatic rings. The second-order valence-corrected chi connectivity index (χ2v) is 6.09. The van der Waals surface area contributed by atoms with Crippen LogP contribution in [0, 0.1) is 0 Å². The molecular formula is C18H16N2O3S. The van der Waals surface area contributed by atoms with Gasteiger partial charge in [-0.15, -0.1) is 11.3 Å². The van der Waals surface area contributed by atoms with Crippen molar-refractivity contribution in [3.63, 3.8) is 0 Å². The van der Waals surface area contributed by atoms with Crippen molar-refractivity contribution in [2.24, 2.45) is 0 Å². The predicted octanol–water partition coefficient (Wildman–Crippen LogP) is 3.45. The van der Waals surface area contributed by atoms with Crippen LogP contribution in [0.5, 0.6) is 5.75 Å². The van der Waals surface area contributed by atoms with Gasteiger partial charge in [0.2, 0.25) is 5.91 Å². The van der Waals surface area contributed by atoms with Gasteiger partial charge < -0.3 is 15.2 Å². The van der Waals surface area contributed by atoms with Gasteiger partial charge in [0.1, 0.15) is 10.8 Å². The molecule has 0 saturated carbocycles. The minimum Gasteiger partial charge on any atom is -0.496 e. The number of nitrogens with zero attached hydrogens (tertiary/aromatic N) is 1. The van der Waals surface area contributed by atoms with E-state index in [1.807, 2.05) is 24.3 Å². The lowest BCUT2D eigenvalue weighted by atomic mass is 10.2. The van der Waals surface area contributed by atoms with Crippen LogP contribution in [0.1, 0.15) is 10.6 Å². The van der Waals surface area contributed by atoms with Crippen molar-refractivity contribution >= 4 is 39.2 Å². The molecule has 0 fully saturated rings. The molecule has 0 bridgehead atoms. The summed E-state index contributed by atoms with van der Waals surface area (Å²) in [5.41, 5.74) is 2.13. The summed E-state index contributed by atoms with van der Waals surface area (Å²) in [5, 5.41) is 12.8. The van der Waals surface area contributed by atoms with Crippen LogP contribution in [0.15, 0.2) is 48.5 Å². The van der Waals surface area contributed by atoms with Crippen LogP contribution in [0.3, 0.4) is 0 Å². The zero-order valence-electron chi connectivity index (χ0n) is 13.0. The molecule has 0 atom stereocenters. The zero-order chi connectivity index (χ0) is 16.9. The highest BCUT2D eigenvalue weighted by atomic mass is 32.1. The minimum absolute atomic E-state index is 0.158. The number of fused-ring (bicyclic) bond motifs is 1. The smallest absolute Gasteiger partial charge is 0.248 e. The lowest BCUT2D eigenvalue weighted by Gasteiger charge is -2.09. The van der Waals surface area contributed by atoms with E-state index in [0.29, 0.717) is 17.0 Å². The van der Waals surface area contributed by atoms with Crippen LogP contribution in [-0.2, 0) is 11.4 Å². The fourth-order valence-electron chi connectivity index (χ4n) is 2.27. The van der Waals surface area contributed by atoms with Crippen LogP contribution in [-0.4, -0.2) is 23.1 Å². The Balaban J connectivity index is 1.70. The van der Waals surface area contributed by atoms with Crippen LogP contribution in [0.2, 0.25) is 0 Å².